The number of hydrogen-bond donors (Lipinski definition) is 0. The lowest BCUT2D eigenvalue weighted by molar-refractivity contribution is -0.227. The fourth-order valence-corrected chi connectivity index (χ4v) is 6.73. The third-order valence-corrected chi connectivity index (χ3v) is 8.88. The number of ketones is 1. The summed E-state index contributed by atoms with van der Waals surface area (Å²) in [6.07, 6.45) is 0.587. The van der Waals surface area contributed by atoms with E-state index >= 15 is 0 Å². The lowest BCUT2D eigenvalue weighted by Crippen LogP contribution is -2.68. The van der Waals surface area contributed by atoms with Crippen LogP contribution in [0, 0.1) is 22.7 Å². The first-order valence-electron chi connectivity index (χ1n) is 13.4. The SMILES string of the molecule is CC(C)C12CCC(C)(CC1C(=O)c1ccccc1)C(OC(=O)c1ccccc1)C2OC(=O)c1ccccc1. The molecule has 3 fully saturated rings. The van der Waals surface area contributed by atoms with Crippen LogP contribution in [0.25, 0.3) is 0 Å². The van der Waals surface area contributed by atoms with Crippen LogP contribution in [-0.4, -0.2) is 29.9 Å². The zero-order chi connectivity index (χ0) is 26.9. The molecule has 3 saturated carbocycles. The van der Waals surface area contributed by atoms with Crippen molar-refractivity contribution in [1.82, 2.24) is 0 Å². The third kappa shape index (κ3) is 4.44. The molecular formula is C33H34O5. The second-order valence-electron chi connectivity index (χ2n) is 11.3. The van der Waals surface area contributed by atoms with Gasteiger partial charge >= 0.3 is 11.9 Å². The minimum atomic E-state index is -0.770. The van der Waals surface area contributed by atoms with Crippen molar-refractivity contribution < 1.29 is 23.9 Å². The van der Waals surface area contributed by atoms with Gasteiger partial charge in [-0.1, -0.05) is 87.5 Å². The number of carbonyl (C=O) groups excluding carboxylic acids is 3. The van der Waals surface area contributed by atoms with Crippen LogP contribution in [0.2, 0.25) is 0 Å². The van der Waals surface area contributed by atoms with Gasteiger partial charge in [0.2, 0.25) is 0 Å². The van der Waals surface area contributed by atoms with Crippen LogP contribution >= 0.6 is 0 Å². The van der Waals surface area contributed by atoms with Crippen LogP contribution in [0.1, 0.15) is 71.1 Å². The second kappa shape index (κ2) is 10.2. The van der Waals surface area contributed by atoms with Gasteiger partial charge in [-0.05, 0) is 49.4 Å². The maximum absolute atomic E-state index is 14.0. The Labute approximate surface area is 224 Å². The Balaban J connectivity index is 1.59. The molecule has 0 heterocycles. The van der Waals surface area contributed by atoms with E-state index in [0.717, 1.165) is 6.42 Å². The van der Waals surface area contributed by atoms with Gasteiger partial charge in [0.05, 0.1) is 11.1 Å². The van der Waals surface area contributed by atoms with Crippen molar-refractivity contribution in [1.29, 1.82) is 0 Å². The van der Waals surface area contributed by atoms with Crippen molar-refractivity contribution in [2.45, 2.75) is 52.2 Å². The molecule has 0 aromatic heterocycles. The molecule has 0 spiro atoms. The zero-order valence-electron chi connectivity index (χ0n) is 22.1. The first kappa shape index (κ1) is 25.9. The number of esters is 2. The van der Waals surface area contributed by atoms with E-state index in [4.69, 9.17) is 9.47 Å². The van der Waals surface area contributed by atoms with Crippen LogP contribution in [0.5, 0.6) is 0 Å². The predicted octanol–water partition coefficient (Wildman–Crippen LogP) is 6.78. The minimum absolute atomic E-state index is 0.00323. The Morgan fingerprint density at radius 3 is 1.61 bits per heavy atom. The zero-order valence-corrected chi connectivity index (χ0v) is 22.1. The number of hydrogen-bond acceptors (Lipinski definition) is 5. The number of rotatable bonds is 7. The Bertz CT molecular complexity index is 1300. The second-order valence-corrected chi connectivity index (χ2v) is 11.3. The van der Waals surface area contributed by atoms with Gasteiger partial charge in [0.15, 0.2) is 5.78 Å². The summed E-state index contributed by atoms with van der Waals surface area (Å²) >= 11 is 0. The van der Waals surface area contributed by atoms with Crippen LogP contribution < -0.4 is 0 Å². The van der Waals surface area contributed by atoms with Gasteiger partial charge in [-0.2, -0.15) is 0 Å². The summed E-state index contributed by atoms with van der Waals surface area (Å²) < 4.78 is 12.6. The highest BCUT2D eigenvalue weighted by Gasteiger charge is 2.68. The Kier molecular flexibility index (Phi) is 6.95. The van der Waals surface area contributed by atoms with Gasteiger partial charge in [-0.25, -0.2) is 9.59 Å². The molecule has 0 aliphatic heterocycles. The molecule has 0 saturated heterocycles. The fourth-order valence-electron chi connectivity index (χ4n) is 6.73. The molecule has 3 aliphatic carbocycles. The van der Waals surface area contributed by atoms with E-state index in [1.165, 1.54) is 0 Å². The first-order valence-corrected chi connectivity index (χ1v) is 13.4. The molecule has 0 radical (unpaired) electrons. The molecule has 5 nitrogen and oxygen atoms in total. The fraction of sp³-hybridized carbons (Fsp3) is 0.364. The molecule has 3 aliphatic rings. The summed E-state index contributed by atoms with van der Waals surface area (Å²) in [6.45, 7) is 6.23. The van der Waals surface area contributed by atoms with Crippen molar-refractivity contribution in [2.24, 2.45) is 22.7 Å². The van der Waals surface area contributed by atoms with E-state index in [2.05, 4.69) is 20.8 Å². The van der Waals surface area contributed by atoms with E-state index in [-0.39, 0.29) is 17.6 Å². The standard InChI is InChI=1S/C33H34O5/c1-22(2)33-20-19-32(3,21-26(33)27(34)23-13-7-4-8-14-23)28(37-30(35)24-15-9-5-10-16-24)29(33)38-31(36)25-17-11-6-12-18-25/h4-18,22,26,28-29H,19-21H2,1-3H3. The molecule has 0 amide bonds. The third-order valence-electron chi connectivity index (χ3n) is 8.88. The maximum atomic E-state index is 14.0. The molecule has 5 unspecified atom stereocenters. The van der Waals surface area contributed by atoms with Crippen LogP contribution in [0.3, 0.4) is 0 Å². The lowest BCUT2D eigenvalue weighted by atomic mass is 9.43. The van der Waals surface area contributed by atoms with Crippen molar-refractivity contribution >= 4 is 17.7 Å². The Morgan fingerprint density at radius 2 is 1.13 bits per heavy atom. The molecular weight excluding hydrogens is 476 g/mol. The van der Waals surface area contributed by atoms with E-state index in [9.17, 15) is 14.4 Å². The number of Topliss-reactive ketones (excluding diaryl/α,β-unsaturated/α-hetero) is 1. The van der Waals surface area contributed by atoms with E-state index in [0.29, 0.717) is 29.5 Å². The van der Waals surface area contributed by atoms with Gasteiger partial charge in [-0.15, -0.1) is 0 Å². The Hall–Kier alpha value is -3.73. The topological polar surface area (TPSA) is 69.7 Å². The lowest BCUT2D eigenvalue weighted by Gasteiger charge is -2.64. The molecule has 3 aromatic rings. The summed E-state index contributed by atoms with van der Waals surface area (Å²) in [5.41, 5.74) is 0.312. The number of fused-ring (bicyclic) bond motifs is 3. The van der Waals surface area contributed by atoms with Crippen LogP contribution in [0.15, 0.2) is 91.0 Å². The van der Waals surface area contributed by atoms with Gasteiger partial charge in [0.1, 0.15) is 12.2 Å². The minimum Gasteiger partial charge on any atom is -0.454 e. The van der Waals surface area contributed by atoms with Crippen molar-refractivity contribution in [3.05, 3.63) is 108 Å². The molecule has 5 atom stereocenters. The molecule has 2 bridgehead atoms. The quantitative estimate of drug-likeness (QED) is 0.259. The van der Waals surface area contributed by atoms with E-state index in [1.54, 1.807) is 48.5 Å². The molecule has 3 aromatic carbocycles. The van der Waals surface area contributed by atoms with Crippen LogP contribution in [0.4, 0.5) is 0 Å². The van der Waals surface area contributed by atoms with Crippen LogP contribution in [-0.2, 0) is 9.47 Å². The summed E-state index contributed by atoms with van der Waals surface area (Å²) in [5.74, 6) is -1.24. The molecule has 5 heteroatoms. The van der Waals surface area contributed by atoms with Gasteiger partial charge < -0.3 is 9.47 Å². The average Bonchev–Trinajstić information content (AvgIpc) is 2.95. The van der Waals surface area contributed by atoms with Crippen molar-refractivity contribution in [3.8, 4) is 0 Å². The normalized spacial score (nSPS) is 28.1. The van der Waals surface area contributed by atoms with E-state index < -0.39 is 35.0 Å². The van der Waals surface area contributed by atoms with Crippen molar-refractivity contribution in [3.63, 3.8) is 0 Å². The van der Waals surface area contributed by atoms with Crippen molar-refractivity contribution in [2.75, 3.05) is 0 Å². The summed E-state index contributed by atoms with van der Waals surface area (Å²) in [4.78, 5) is 40.8. The van der Waals surface area contributed by atoms with Gasteiger partial charge in [0, 0.05) is 22.3 Å². The largest absolute Gasteiger partial charge is 0.454 e. The highest BCUT2D eigenvalue weighted by molar-refractivity contribution is 5.99. The van der Waals surface area contributed by atoms with E-state index in [1.807, 2.05) is 42.5 Å². The summed E-state index contributed by atoms with van der Waals surface area (Å²) in [6, 6.07) is 27.0. The average molecular weight is 511 g/mol. The first-order chi connectivity index (χ1) is 18.3. The molecule has 0 N–H and O–H groups in total. The van der Waals surface area contributed by atoms with Gasteiger partial charge in [-0.3, -0.25) is 4.79 Å². The predicted molar refractivity (Wildman–Crippen MR) is 145 cm³/mol. The number of ether oxygens (including phenoxy) is 2. The Morgan fingerprint density at radius 1 is 0.684 bits per heavy atom. The molecule has 196 valence electrons. The number of carbonyl (C=O) groups is 3. The molecule has 6 rings (SSSR count). The smallest absolute Gasteiger partial charge is 0.338 e. The highest BCUT2D eigenvalue weighted by atomic mass is 16.6. The van der Waals surface area contributed by atoms with Gasteiger partial charge in [0.25, 0.3) is 0 Å². The summed E-state index contributed by atoms with van der Waals surface area (Å²) in [5, 5.41) is 0. The maximum Gasteiger partial charge on any atom is 0.338 e. The summed E-state index contributed by atoms with van der Waals surface area (Å²) in [7, 11) is 0. The highest BCUT2D eigenvalue weighted by Crippen LogP contribution is 2.64. The molecule has 38 heavy (non-hydrogen) atoms. The monoisotopic (exact) mass is 510 g/mol. The number of benzene rings is 3.